The van der Waals surface area contributed by atoms with E-state index in [2.05, 4.69) is 4.72 Å². The molecule has 0 radical (unpaired) electrons. The summed E-state index contributed by atoms with van der Waals surface area (Å²) in [7, 11) is -3.60. The first-order valence-electron chi connectivity index (χ1n) is 6.66. The molecule has 1 aromatic carbocycles. The zero-order valence-electron chi connectivity index (χ0n) is 11.6. The number of fused-ring (bicyclic) bond motifs is 1. The summed E-state index contributed by atoms with van der Waals surface area (Å²) in [5.74, 6) is 0.277. The second kappa shape index (κ2) is 5.45. The Balaban J connectivity index is 1.64. The van der Waals surface area contributed by atoms with Crippen LogP contribution >= 0.6 is 0 Å². The Hall–Kier alpha value is -1.35. The summed E-state index contributed by atoms with van der Waals surface area (Å²) < 4.78 is 48.2. The topological polar surface area (TPSA) is 83.1 Å². The van der Waals surface area contributed by atoms with Crippen LogP contribution in [0.3, 0.4) is 0 Å². The number of ether oxygens (including phenoxy) is 4. The van der Waals surface area contributed by atoms with E-state index in [0.29, 0.717) is 31.1 Å². The smallest absolute Gasteiger partial charge is 0.240 e. The summed E-state index contributed by atoms with van der Waals surface area (Å²) >= 11 is 0. The maximum absolute atomic E-state index is 12.2. The number of benzene rings is 1. The number of hydrogen-bond donors (Lipinski definition) is 1. The van der Waals surface area contributed by atoms with Gasteiger partial charge in [0.15, 0.2) is 17.3 Å². The molecule has 1 aromatic rings. The summed E-state index contributed by atoms with van der Waals surface area (Å²) in [6.07, 6.45) is 0.441. The molecule has 0 bridgehead atoms. The molecular weight excluding hydrogens is 298 g/mol. The molecule has 0 aromatic heterocycles. The van der Waals surface area contributed by atoms with Crippen LogP contribution < -0.4 is 14.2 Å². The van der Waals surface area contributed by atoms with Crippen molar-refractivity contribution in [2.24, 2.45) is 0 Å². The van der Waals surface area contributed by atoms with Crippen molar-refractivity contribution in [2.75, 3.05) is 26.6 Å². The number of nitrogens with one attached hydrogen (secondary N) is 1. The third kappa shape index (κ3) is 3.13. The van der Waals surface area contributed by atoms with Gasteiger partial charge in [0, 0.05) is 19.0 Å². The lowest BCUT2D eigenvalue weighted by atomic mass is 10.2. The van der Waals surface area contributed by atoms with Gasteiger partial charge in [0.1, 0.15) is 0 Å². The van der Waals surface area contributed by atoms with Crippen LogP contribution in [0.15, 0.2) is 23.1 Å². The molecule has 0 saturated carbocycles. The first-order chi connectivity index (χ1) is 9.99. The molecule has 3 rings (SSSR count). The van der Waals surface area contributed by atoms with Crippen LogP contribution in [0.2, 0.25) is 0 Å². The van der Waals surface area contributed by atoms with Gasteiger partial charge >= 0.3 is 0 Å². The van der Waals surface area contributed by atoms with E-state index < -0.39 is 15.8 Å². The van der Waals surface area contributed by atoms with Crippen molar-refractivity contribution in [3.63, 3.8) is 0 Å². The first kappa shape index (κ1) is 14.6. The normalized spacial score (nSPS) is 19.9. The predicted molar refractivity (Wildman–Crippen MR) is 72.7 cm³/mol. The van der Waals surface area contributed by atoms with Gasteiger partial charge in [-0.1, -0.05) is 0 Å². The van der Waals surface area contributed by atoms with Crippen molar-refractivity contribution in [3.8, 4) is 11.5 Å². The quantitative estimate of drug-likeness (QED) is 0.867. The molecule has 0 spiro atoms. The Labute approximate surface area is 123 Å². The number of sulfonamides is 1. The fraction of sp³-hybridized carbons (Fsp3) is 0.538. The largest absolute Gasteiger partial charge is 0.454 e. The summed E-state index contributed by atoms with van der Waals surface area (Å²) in [4.78, 5) is 0.144. The standard InChI is InChI=1S/C13H17NO6S/c1-13(19-6-7-20-13)4-5-14-21(15,16)10-2-3-11-12(8-10)18-9-17-11/h2-3,8,14H,4-7,9H2,1H3. The SMILES string of the molecule is CC1(CCNS(=O)(=O)c2ccc3c(c2)OCO3)OCCO1. The van der Waals surface area contributed by atoms with E-state index in [-0.39, 0.29) is 18.2 Å². The van der Waals surface area contributed by atoms with Crippen LogP contribution in [-0.4, -0.2) is 40.8 Å². The third-order valence-electron chi connectivity index (χ3n) is 3.42. The monoisotopic (exact) mass is 315 g/mol. The second-order valence-electron chi connectivity index (χ2n) is 4.99. The van der Waals surface area contributed by atoms with Crippen molar-refractivity contribution in [2.45, 2.75) is 24.0 Å². The van der Waals surface area contributed by atoms with Gasteiger partial charge < -0.3 is 18.9 Å². The fourth-order valence-corrected chi connectivity index (χ4v) is 3.29. The maximum atomic E-state index is 12.2. The van der Waals surface area contributed by atoms with Crippen molar-refractivity contribution in [3.05, 3.63) is 18.2 Å². The average molecular weight is 315 g/mol. The second-order valence-corrected chi connectivity index (χ2v) is 6.76. The molecule has 0 unspecified atom stereocenters. The molecule has 116 valence electrons. The summed E-state index contributed by atoms with van der Waals surface area (Å²) in [6.45, 7) is 3.21. The van der Waals surface area contributed by atoms with Crippen LogP contribution in [0.4, 0.5) is 0 Å². The molecule has 1 N–H and O–H groups in total. The van der Waals surface area contributed by atoms with Crippen molar-refractivity contribution in [1.29, 1.82) is 0 Å². The lowest BCUT2D eigenvalue weighted by molar-refractivity contribution is -0.145. The van der Waals surface area contributed by atoms with E-state index >= 15 is 0 Å². The van der Waals surface area contributed by atoms with Gasteiger partial charge in [0.2, 0.25) is 16.8 Å². The highest BCUT2D eigenvalue weighted by Crippen LogP contribution is 2.33. The van der Waals surface area contributed by atoms with E-state index in [1.807, 2.05) is 0 Å². The van der Waals surface area contributed by atoms with E-state index in [0.717, 1.165) is 0 Å². The summed E-state index contributed by atoms with van der Waals surface area (Å²) in [6, 6.07) is 4.52. The van der Waals surface area contributed by atoms with Gasteiger partial charge in [-0.15, -0.1) is 0 Å². The van der Waals surface area contributed by atoms with Crippen molar-refractivity contribution >= 4 is 10.0 Å². The van der Waals surface area contributed by atoms with Gasteiger partial charge in [-0.05, 0) is 19.1 Å². The number of rotatable bonds is 5. The zero-order valence-corrected chi connectivity index (χ0v) is 12.4. The maximum Gasteiger partial charge on any atom is 0.240 e. The van der Waals surface area contributed by atoms with Crippen LogP contribution in [0, 0.1) is 0 Å². The minimum Gasteiger partial charge on any atom is -0.454 e. The Morgan fingerprint density at radius 1 is 1.19 bits per heavy atom. The minimum atomic E-state index is -3.60. The molecule has 2 aliphatic rings. The molecule has 2 heterocycles. The van der Waals surface area contributed by atoms with E-state index in [1.54, 1.807) is 13.0 Å². The lowest BCUT2D eigenvalue weighted by Crippen LogP contribution is -2.33. The molecular formula is C13H17NO6S. The Bertz CT molecular complexity index is 624. The molecule has 1 saturated heterocycles. The van der Waals surface area contributed by atoms with Gasteiger partial charge in [-0.25, -0.2) is 13.1 Å². The Morgan fingerprint density at radius 3 is 2.67 bits per heavy atom. The summed E-state index contributed by atoms with van der Waals surface area (Å²) in [5, 5.41) is 0. The molecule has 21 heavy (non-hydrogen) atoms. The average Bonchev–Trinajstić information content (AvgIpc) is 3.06. The zero-order chi connectivity index (χ0) is 14.9. The highest BCUT2D eigenvalue weighted by Gasteiger charge is 2.31. The van der Waals surface area contributed by atoms with Crippen molar-refractivity contribution < 1.29 is 27.4 Å². The fourth-order valence-electron chi connectivity index (χ4n) is 2.24. The van der Waals surface area contributed by atoms with Gasteiger partial charge in [0.25, 0.3) is 0 Å². The van der Waals surface area contributed by atoms with Gasteiger partial charge in [-0.3, -0.25) is 0 Å². The van der Waals surface area contributed by atoms with Gasteiger partial charge in [0.05, 0.1) is 18.1 Å². The molecule has 0 aliphatic carbocycles. The van der Waals surface area contributed by atoms with Gasteiger partial charge in [-0.2, -0.15) is 0 Å². The molecule has 0 amide bonds. The van der Waals surface area contributed by atoms with E-state index in [9.17, 15) is 8.42 Å². The molecule has 1 fully saturated rings. The van der Waals surface area contributed by atoms with E-state index in [4.69, 9.17) is 18.9 Å². The lowest BCUT2D eigenvalue weighted by Gasteiger charge is -2.22. The molecule has 0 atom stereocenters. The molecule has 7 nitrogen and oxygen atoms in total. The van der Waals surface area contributed by atoms with Crippen molar-refractivity contribution in [1.82, 2.24) is 4.72 Å². The number of hydrogen-bond acceptors (Lipinski definition) is 6. The van der Waals surface area contributed by atoms with E-state index in [1.165, 1.54) is 12.1 Å². The minimum absolute atomic E-state index is 0.110. The Morgan fingerprint density at radius 2 is 1.90 bits per heavy atom. The first-order valence-corrected chi connectivity index (χ1v) is 8.14. The summed E-state index contributed by atoms with van der Waals surface area (Å²) in [5.41, 5.74) is 0. The molecule has 2 aliphatic heterocycles. The highest BCUT2D eigenvalue weighted by atomic mass is 32.2. The predicted octanol–water partition coefficient (Wildman–Crippen LogP) is 0.847. The highest BCUT2D eigenvalue weighted by molar-refractivity contribution is 7.89. The van der Waals surface area contributed by atoms with Crippen LogP contribution in [0.1, 0.15) is 13.3 Å². The third-order valence-corrected chi connectivity index (χ3v) is 4.88. The Kier molecular flexibility index (Phi) is 3.78. The van der Waals surface area contributed by atoms with Crippen LogP contribution in [0.5, 0.6) is 11.5 Å². The van der Waals surface area contributed by atoms with Crippen LogP contribution in [-0.2, 0) is 19.5 Å². The molecule has 8 heteroatoms. The van der Waals surface area contributed by atoms with Crippen LogP contribution in [0.25, 0.3) is 0 Å².